The average Bonchev–Trinajstić information content (AvgIpc) is 3.20. The second kappa shape index (κ2) is 8.68. The van der Waals surface area contributed by atoms with E-state index in [0.29, 0.717) is 17.3 Å². The fraction of sp³-hybridized carbons (Fsp3) is 0.273. The van der Waals surface area contributed by atoms with E-state index in [2.05, 4.69) is 41.8 Å². The normalized spacial score (nSPS) is 11.1. The van der Waals surface area contributed by atoms with Crippen molar-refractivity contribution in [3.63, 3.8) is 0 Å². The van der Waals surface area contributed by atoms with Crippen LogP contribution in [0.3, 0.4) is 0 Å². The molecule has 0 radical (unpaired) electrons. The molecule has 2 aromatic carbocycles. The van der Waals surface area contributed by atoms with E-state index in [4.69, 9.17) is 4.52 Å². The molecule has 2 N–H and O–H groups in total. The summed E-state index contributed by atoms with van der Waals surface area (Å²) in [4.78, 5) is 28.5. The van der Waals surface area contributed by atoms with Gasteiger partial charge in [-0.15, -0.1) is 0 Å². The van der Waals surface area contributed by atoms with E-state index in [9.17, 15) is 9.59 Å². The van der Waals surface area contributed by atoms with Crippen molar-refractivity contribution in [2.75, 3.05) is 0 Å². The number of aryl methyl sites for hydroxylation is 1. The summed E-state index contributed by atoms with van der Waals surface area (Å²) < 4.78 is 5.17. The molecule has 2 amide bonds. The Morgan fingerprint density at radius 1 is 0.966 bits per heavy atom. The molecule has 0 aliphatic carbocycles. The molecule has 0 aliphatic rings. The quantitative estimate of drug-likeness (QED) is 0.649. The molecule has 3 rings (SSSR count). The van der Waals surface area contributed by atoms with E-state index in [0.717, 1.165) is 11.1 Å². The first kappa shape index (κ1) is 20.3. The third kappa shape index (κ3) is 5.51. The average molecular weight is 392 g/mol. The van der Waals surface area contributed by atoms with Crippen molar-refractivity contribution in [2.45, 2.75) is 39.0 Å². The number of hydrazine groups is 1. The molecule has 0 saturated heterocycles. The highest BCUT2D eigenvalue weighted by Crippen LogP contribution is 2.22. The van der Waals surface area contributed by atoms with E-state index in [-0.39, 0.29) is 30.1 Å². The predicted molar refractivity (Wildman–Crippen MR) is 109 cm³/mol. The lowest BCUT2D eigenvalue weighted by molar-refractivity contribution is -0.121. The molecule has 7 heteroatoms. The highest BCUT2D eigenvalue weighted by atomic mass is 16.5. The smallest absolute Gasteiger partial charge is 0.269 e. The van der Waals surface area contributed by atoms with Crippen molar-refractivity contribution in [1.82, 2.24) is 21.0 Å². The SMILES string of the molecule is CC(C)(C)c1ccc(C(=O)NNC(=O)CCc2nc(-c3ccccc3)no2)cc1. The number of carbonyl (C=O) groups is 2. The number of hydrogen-bond donors (Lipinski definition) is 2. The van der Waals surface area contributed by atoms with Gasteiger partial charge >= 0.3 is 0 Å². The molecule has 0 unspecified atom stereocenters. The van der Waals surface area contributed by atoms with Crippen LogP contribution in [0.2, 0.25) is 0 Å². The molecule has 0 bridgehead atoms. The fourth-order valence-electron chi connectivity index (χ4n) is 2.66. The summed E-state index contributed by atoms with van der Waals surface area (Å²) in [7, 11) is 0. The van der Waals surface area contributed by atoms with Crippen molar-refractivity contribution in [2.24, 2.45) is 0 Å². The number of aromatic nitrogens is 2. The number of amides is 2. The van der Waals surface area contributed by atoms with Crippen molar-refractivity contribution in [3.05, 3.63) is 71.6 Å². The monoisotopic (exact) mass is 392 g/mol. The van der Waals surface area contributed by atoms with Crippen molar-refractivity contribution >= 4 is 11.8 Å². The molecule has 0 aliphatic heterocycles. The second-order valence-electron chi connectivity index (χ2n) is 7.71. The lowest BCUT2D eigenvalue weighted by Gasteiger charge is -2.19. The highest BCUT2D eigenvalue weighted by Gasteiger charge is 2.15. The van der Waals surface area contributed by atoms with Gasteiger partial charge in [-0.25, -0.2) is 0 Å². The number of benzene rings is 2. The fourth-order valence-corrected chi connectivity index (χ4v) is 2.66. The summed E-state index contributed by atoms with van der Waals surface area (Å²) in [5.74, 6) is 0.128. The van der Waals surface area contributed by atoms with Gasteiger partial charge in [0.2, 0.25) is 17.6 Å². The lowest BCUT2D eigenvalue weighted by atomic mass is 9.87. The van der Waals surface area contributed by atoms with Gasteiger partial charge in [-0.05, 0) is 23.1 Å². The number of nitrogens with zero attached hydrogens (tertiary/aromatic N) is 2. The van der Waals surface area contributed by atoms with Crippen LogP contribution in [-0.2, 0) is 16.6 Å². The first-order valence-electron chi connectivity index (χ1n) is 9.40. The van der Waals surface area contributed by atoms with Crippen LogP contribution in [0, 0.1) is 0 Å². The van der Waals surface area contributed by atoms with Crippen LogP contribution in [-0.4, -0.2) is 22.0 Å². The first-order valence-corrected chi connectivity index (χ1v) is 9.40. The number of nitrogens with one attached hydrogen (secondary N) is 2. The van der Waals surface area contributed by atoms with Crippen molar-refractivity contribution in [3.8, 4) is 11.4 Å². The molecule has 29 heavy (non-hydrogen) atoms. The molecule has 1 heterocycles. The van der Waals surface area contributed by atoms with Gasteiger partial charge in [-0.3, -0.25) is 20.4 Å². The van der Waals surface area contributed by atoms with E-state index in [1.165, 1.54) is 0 Å². The van der Waals surface area contributed by atoms with Crippen LogP contribution >= 0.6 is 0 Å². The van der Waals surface area contributed by atoms with Gasteiger partial charge in [0.15, 0.2) is 0 Å². The highest BCUT2D eigenvalue weighted by molar-refractivity contribution is 5.95. The van der Waals surface area contributed by atoms with Crippen molar-refractivity contribution in [1.29, 1.82) is 0 Å². The Hall–Kier alpha value is -3.48. The largest absolute Gasteiger partial charge is 0.339 e. The van der Waals surface area contributed by atoms with Gasteiger partial charge in [0.1, 0.15) is 0 Å². The zero-order valence-electron chi connectivity index (χ0n) is 16.7. The topological polar surface area (TPSA) is 97.1 Å². The molecule has 7 nitrogen and oxygen atoms in total. The molecule has 1 aromatic heterocycles. The molecular formula is C22H24N4O3. The van der Waals surface area contributed by atoms with Crippen LogP contribution in [0.25, 0.3) is 11.4 Å². The zero-order chi connectivity index (χ0) is 20.9. The van der Waals surface area contributed by atoms with E-state index < -0.39 is 0 Å². The number of carbonyl (C=O) groups excluding carboxylic acids is 2. The summed E-state index contributed by atoms with van der Waals surface area (Å²) in [6, 6.07) is 16.7. The van der Waals surface area contributed by atoms with Gasteiger partial charge in [-0.2, -0.15) is 4.98 Å². The third-order valence-electron chi connectivity index (χ3n) is 4.39. The van der Waals surface area contributed by atoms with E-state index in [1.54, 1.807) is 12.1 Å². The first-order chi connectivity index (χ1) is 13.8. The molecule has 0 fully saturated rings. The predicted octanol–water partition coefficient (Wildman–Crippen LogP) is 3.43. The Kier molecular flexibility index (Phi) is 6.07. The number of rotatable bonds is 5. The Morgan fingerprint density at radius 2 is 1.66 bits per heavy atom. The molecule has 0 atom stereocenters. The maximum Gasteiger partial charge on any atom is 0.269 e. The van der Waals surface area contributed by atoms with Crippen LogP contribution in [0.4, 0.5) is 0 Å². The van der Waals surface area contributed by atoms with Crippen LogP contribution in [0.15, 0.2) is 59.1 Å². The summed E-state index contributed by atoms with van der Waals surface area (Å²) in [6.45, 7) is 6.32. The van der Waals surface area contributed by atoms with Gasteiger partial charge < -0.3 is 4.52 Å². The number of hydrogen-bond acceptors (Lipinski definition) is 5. The second-order valence-corrected chi connectivity index (χ2v) is 7.71. The van der Waals surface area contributed by atoms with Gasteiger partial charge in [0.05, 0.1) is 0 Å². The maximum absolute atomic E-state index is 12.2. The minimum Gasteiger partial charge on any atom is -0.339 e. The molecule has 0 spiro atoms. The van der Waals surface area contributed by atoms with Crippen LogP contribution in [0.5, 0.6) is 0 Å². The maximum atomic E-state index is 12.2. The van der Waals surface area contributed by atoms with Crippen LogP contribution < -0.4 is 10.9 Å². The Balaban J connectivity index is 1.46. The minimum atomic E-state index is -0.372. The summed E-state index contributed by atoms with van der Waals surface area (Å²) in [5.41, 5.74) is 7.29. The third-order valence-corrected chi connectivity index (χ3v) is 4.39. The molecule has 0 saturated carbocycles. The standard InChI is InChI=1S/C22H24N4O3/c1-22(2,3)17-11-9-16(10-12-17)21(28)25-24-18(27)13-14-19-23-20(26-29-19)15-7-5-4-6-8-15/h4-12H,13-14H2,1-3H3,(H,24,27)(H,25,28). The molecule has 3 aromatic rings. The summed E-state index contributed by atoms with van der Waals surface area (Å²) in [5, 5.41) is 3.91. The Morgan fingerprint density at radius 3 is 2.31 bits per heavy atom. The Labute approximate surface area is 169 Å². The van der Waals surface area contributed by atoms with E-state index in [1.807, 2.05) is 42.5 Å². The van der Waals surface area contributed by atoms with Gasteiger partial charge in [0, 0.05) is 24.0 Å². The van der Waals surface area contributed by atoms with Gasteiger partial charge in [0.25, 0.3) is 5.91 Å². The minimum absolute atomic E-state index is 0.0122. The molecular weight excluding hydrogens is 368 g/mol. The van der Waals surface area contributed by atoms with Gasteiger partial charge in [-0.1, -0.05) is 68.4 Å². The van der Waals surface area contributed by atoms with E-state index >= 15 is 0 Å². The Bertz CT molecular complexity index is 973. The molecule has 150 valence electrons. The lowest BCUT2D eigenvalue weighted by Crippen LogP contribution is -2.41. The van der Waals surface area contributed by atoms with Crippen molar-refractivity contribution < 1.29 is 14.1 Å². The summed E-state index contributed by atoms with van der Waals surface area (Å²) >= 11 is 0. The zero-order valence-corrected chi connectivity index (χ0v) is 16.7. The summed E-state index contributed by atoms with van der Waals surface area (Å²) in [6.07, 6.45) is 0.390. The van der Waals surface area contributed by atoms with Crippen LogP contribution in [0.1, 0.15) is 49.0 Å².